The van der Waals surface area contributed by atoms with Crippen molar-refractivity contribution in [2.75, 3.05) is 20.2 Å². The molecule has 4 nitrogen and oxygen atoms in total. The zero-order valence-corrected chi connectivity index (χ0v) is 14.2. The van der Waals surface area contributed by atoms with Gasteiger partial charge in [-0.3, -0.25) is 4.79 Å². The number of nitrogens with zero attached hydrogens (tertiary/aromatic N) is 1. The lowest BCUT2D eigenvalue weighted by Crippen LogP contribution is -2.55. The molecule has 1 aromatic rings. The van der Waals surface area contributed by atoms with Gasteiger partial charge in [0.25, 0.3) is 0 Å². The van der Waals surface area contributed by atoms with Gasteiger partial charge in [-0.05, 0) is 49.4 Å². The number of hydrogen-bond donors (Lipinski definition) is 1. The first-order valence-corrected chi connectivity index (χ1v) is 8.14. The number of carbonyl (C=O) groups is 1. The molecular weight excluding hydrogens is 276 g/mol. The van der Waals surface area contributed by atoms with E-state index in [0.29, 0.717) is 13.2 Å². The van der Waals surface area contributed by atoms with Crippen LogP contribution in [0.15, 0.2) is 24.3 Å². The van der Waals surface area contributed by atoms with Crippen LogP contribution >= 0.6 is 0 Å². The van der Waals surface area contributed by atoms with Crippen LogP contribution in [0.5, 0.6) is 5.75 Å². The molecule has 1 aliphatic heterocycles. The second kappa shape index (κ2) is 7.14. The Morgan fingerprint density at radius 3 is 2.64 bits per heavy atom. The first kappa shape index (κ1) is 16.8. The van der Waals surface area contributed by atoms with Crippen LogP contribution in [0.25, 0.3) is 0 Å². The summed E-state index contributed by atoms with van der Waals surface area (Å²) in [5.41, 5.74) is 1.13. The van der Waals surface area contributed by atoms with Crippen molar-refractivity contribution in [1.82, 2.24) is 10.2 Å². The second-order valence-corrected chi connectivity index (χ2v) is 6.75. The van der Waals surface area contributed by atoms with Gasteiger partial charge in [0, 0.05) is 13.6 Å². The lowest BCUT2D eigenvalue weighted by molar-refractivity contribution is -0.136. The van der Waals surface area contributed by atoms with E-state index in [-0.39, 0.29) is 17.4 Å². The molecule has 1 heterocycles. The minimum Gasteiger partial charge on any atom is -0.494 e. The lowest BCUT2D eigenvalue weighted by Gasteiger charge is -2.40. The molecular formula is C18H28N2O2. The summed E-state index contributed by atoms with van der Waals surface area (Å²) in [5, 5.41) is 3.39. The number of ether oxygens (including phenoxy) is 1. The van der Waals surface area contributed by atoms with Gasteiger partial charge in [-0.1, -0.05) is 26.0 Å². The van der Waals surface area contributed by atoms with Crippen LogP contribution in [0.3, 0.4) is 0 Å². The highest BCUT2D eigenvalue weighted by atomic mass is 16.5. The van der Waals surface area contributed by atoms with E-state index in [1.54, 1.807) is 0 Å². The Bertz CT molecular complexity index is 496. The Balaban J connectivity index is 1.98. The maximum atomic E-state index is 12.7. The van der Waals surface area contributed by atoms with Crippen LogP contribution in [-0.2, 0) is 11.3 Å². The summed E-state index contributed by atoms with van der Waals surface area (Å²) in [6.07, 6.45) is 2.23. The molecule has 0 aromatic heterocycles. The quantitative estimate of drug-likeness (QED) is 0.909. The smallest absolute Gasteiger partial charge is 0.240 e. The number of amides is 1. The van der Waals surface area contributed by atoms with Gasteiger partial charge in [-0.2, -0.15) is 0 Å². The monoisotopic (exact) mass is 304 g/mol. The molecule has 1 amide bonds. The van der Waals surface area contributed by atoms with Gasteiger partial charge in [0.2, 0.25) is 5.91 Å². The highest BCUT2D eigenvalue weighted by Gasteiger charge is 2.38. The van der Waals surface area contributed by atoms with Crippen LogP contribution in [0.2, 0.25) is 0 Å². The molecule has 122 valence electrons. The number of carbonyl (C=O) groups excluding carboxylic acids is 1. The molecule has 1 atom stereocenters. The largest absolute Gasteiger partial charge is 0.494 e. The van der Waals surface area contributed by atoms with Gasteiger partial charge >= 0.3 is 0 Å². The Hall–Kier alpha value is -1.55. The fourth-order valence-corrected chi connectivity index (χ4v) is 3.06. The number of likely N-dealkylation sites (N-methyl/N-ethyl adjacent to an activating group) is 1. The van der Waals surface area contributed by atoms with Crippen molar-refractivity contribution in [1.29, 1.82) is 0 Å². The maximum absolute atomic E-state index is 12.7. The van der Waals surface area contributed by atoms with E-state index in [1.807, 2.05) is 43.1 Å². The predicted molar refractivity (Wildman–Crippen MR) is 88.9 cm³/mol. The third kappa shape index (κ3) is 4.01. The molecule has 1 unspecified atom stereocenters. The SMILES string of the molecule is CCOc1ccc(CN(C)C(=O)C2NCCCC2(C)C)cc1. The molecule has 0 bridgehead atoms. The van der Waals surface area contributed by atoms with Gasteiger partial charge in [-0.25, -0.2) is 0 Å². The van der Waals surface area contributed by atoms with Crippen LogP contribution in [0.1, 0.15) is 39.2 Å². The fraction of sp³-hybridized carbons (Fsp3) is 0.611. The molecule has 0 saturated carbocycles. The third-order valence-corrected chi connectivity index (χ3v) is 4.41. The maximum Gasteiger partial charge on any atom is 0.240 e. The van der Waals surface area contributed by atoms with Gasteiger partial charge in [-0.15, -0.1) is 0 Å². The van der Waals surface area contributed by atoms with Gasteiger partial charge < -0.3 is 15.0 Å². The van der Waals surface area contributed by atoms with Crippen LogP contribution in [0.4, 0.5) is 0 Å². The highest BCUT2D eigenvalue weighted by Crippen LogP contribution is 2.31. The van der Waals surface area contributed by atoms with E-state index in [9.17, 15) is 4.79 Å². The first-order chi connectivity index (χ1) is 10.4. The van der Waals surface area contributed by atoms with Crippen molar-refractivity contribution in [3.05, 3.63) is 29.8 Å². The van der Waals surface area contributed by atoms with Crippen molar-refractivity contribution < 1.29 is 9.53 Å². The standard InChI is InChI=1S/C18H28N2O2/c1-5-22-15-9-7-14(8-10-15)13-20(4)17(21)16-18(2,3)11-6-12-19-16/h7-10,16,19H,5-6,11-13H2,1-4H3. The van der Waals surface area contributed by atoms with Gasteiger partial charge in [0.15, 0.2) is 0 Å². The molecule has 0 radical (unpaired) electrons. The summed E-state index contributed by atoms with van der Waals surface area (Å²) >= 11 is 0. The molecule has 1 fully saturated rings. The molecule has 0 spiro atoms. The first-order valence-electron chi connectivity index (χ1n) is 8.14. The molecule has 22 heavy (non-hydrogen) atoms. The number of hydrogen-bond acceptors (Lipinski definition) is 3. The highest BCUT2D eigenvalue weighted by molar-refractivity contribution is 5.82. The van der Waals surface area contributed by atoms with Gasteiger partial charge in [0.1, 0.15) is 5.75 Å². The number of piperidine rings is 1. The third-order valence-electron chi connectivity index (χ3n) is 4.41. The summed E-state index contributed by atoms with van der Waals surface area (Å²) in [6, 6.07) is 7.87. The lowest BCUT2D eigenvalue weighted by atomic mass is 9.77. The van der Waals surface area contributed by atoms with E-state index in [2.05, 4.69) is 19.2 Å². The van der Waals surface area contributed by atoms with Crippen molar-refractivity contribution >= 4 is 5.91 Å². The predicted octanol–water partition coefficient (Wildman–Crippen LogP) is 2.82. The topological polar surface area (TPSA) is 41.6 Å². The van der Waals surface area contributed by atoms with Crippen molar-refractivity contribution in [3.63, 3.8) is 0 Å². The summed E-state index contributed by atoms with van der Waals surface area (Å²) in [6.45, 7) is 8.54. The summed E-state index contributed by atoms with van der Waals surface area (Å²) < 4.78 is 5.45. The number of nitrogens with one attached hydrogen (secondary N) is 1. The zero-order chi connectivity index (χ0) is 16.2. The summed E-state index contributed by atoms with van der Waals surface area (Å²) in [4.78, 5) is 14.5. The molecule has 0 aliphatic carbocycles. The van der Waals surface area contributed by atoms with E-state index < -0.39 is 0 Å². The molecule has 1 aliphatic rings. The minimum atomic E-state index is -0.0889. The number of rotatable bonds is 5. The molecule has 1 N–H and O–H groups in total. The van der Waals surface area contributed by atoms with Gasteiger partial charge in [0.05, 0.1) is 12.6 Å². The van der Waals surface area contributed by atoms with Crippen LogP contribution in [0, 0.1) is 5.41 Å². The zero-order valence-electron chi connectivity index (χ0n) is 14.2. The average Bonchev–Trinajstić information content (AvgIpc) is 2.48. The molecule has 1 saturated heterocycles. The minimum absolute atomic E-state index is 0.0163. The van der Waals surface area contributed by atoms with Crippen LogP contribution in [-0.4, -0.2) is 37.0 Å². The van der Waals surface area contributed by atoms with Crippen LogP contribution < -0.4 is 10.1 Å². The fourth-order valence-electron chi connectivity index (χ4n) is 3.06. The number of benzene rings is 1. The Kier molecular flexibility index (Phi) is 5.46. The molecule has 1 aromatic carbocycles. The second-order valence-electron chi connectivity index (χ2n) is 6.75. The Labute approximate surface area is 133 Å². The van der Waals surface area contributed by atoms with E-state index in [1.165, 1.54) is 0 Å². The summed E-state index contributed by atoms with van der Waals surface area (Å²) in [7, 11) is 1.88. The molecule has 4 heteroatoms. The van der Waals surface area contributed by atoms with E-state index in [4.69, 9.17) is 4.74 Å². The molecule has 2 rings (SSSR count). The Morgan fingerprint density at radius 2 is 2.05 bits per heavy atom. The summed E-state index contributed by atoms with van der Waals surface area (Å²) in [5.74, 6) is 1.05. The van der Waals surface area contributed by atoms with Crippen molar-refractivity contribution in [2.45, 2.75) is 46.2 Å². The average molecular weight is 304 g/mol. The van der Waals surface area contributed by atoms with E-state index in [0.717, 1.165) is 30.7 Å². The van der Waals surface area contributed by atoms with E-state index >= 15 is 0 Å². The van der Waals surface area contributed by atoms with Crippen molar-refractivity contribution in [3.8, 4) is 5.75 Å². The normalized spacial score (nSPS) is 20.5. The van der Waals surface area contributed by atoms with Crippen molar-refractivity contribution in [2.24, 2.45) is 5.41 Å². The Morgan fingerprint density at radius 1 is 1.36 bits per heavy atom.